The molecule has 0 atom stereocenters. The number of nitrogens with one attached hydrogen (secondary N) is 1. The minimum atomic E-state index is -3.60. The van der Waals surface area contributed by atoms with Crippen LogP contribution in [0.2, 0.25) is 0 Å². The van der Waals surface area contributed by atoms with Crippen LogP contribution in [0.1, 0.15) is 54.4 Å². The van der Waals surface area contributed by atoms with Crippen molar-refractivity contribution in [1.29, 1.82) is 0 Å². The zero-order valence-electron chi connectivity index (χ0n) is 19.3. The molecule has 9 heteroatoms. The Morgan fingerprint density at radius 1 is 1.15 bits per heavy atom. The van der Waals surface area contributed by atoms with Crippen molar-refractivity contribution >= 4 is 32.4 Å². The maximum Gasteiger partial charge on any atom is 0.257 e. The van der Waals surface area contributed by atoms with E-state index < -0.39 is 10.0 Å². The van der Waals surface area contributed by atoms with Crippen molar-refractivity contribution in [1.82, 2.24) is 13.9 Å². The third-order valence-electron chi connectivity index (χ3n) is 6.07. The number of hydrogen-bond acceptors (Lipinski definition) is 5. The Hall–Kier alpha value is -2.49. The molecule has 4 rings (SSSR count). The molecule has 33 heavy (non-hydrogen) atoms. The van der Waals surface area contributed by atoms with E-state index in [0.717, 1.165) is 49.2 Å². The first-order valence-electron chi connectivity index (χ1n) is 11.4. The first-order valence-corrected chi connectivity index (χ1v) is 13.7. The smallest absolute Gasteiger partial charge is 0.257 e. The van der Waals surface area contributed by atoms with Crippen molar-refractivity contribution < 1.29 is 13.2 Å². The molecule has 0 saturated carbocycles. The van der Waals surface area contributed by atoms with E-state index in [1.807, 2.05) is 5.38 Å². The molecule has 1 saturated heterocycles. The van der Waals surface area contributed by atoms with E-state index in [2.05, 4.69) is 41.7 Å². The van der Waals surface area contributed by atoms with Crippen molar-refractivity contribution in [2.75, 3.05) is 18.4 Å². The van der Waals surface area contributed by atoms with Crippen molar-refractivity contribution in [3.63, 3.8) is 0 Å². The van der Waals surface area contributed by atoms with E-state index in [-0.39, 0.29) is 10.8 Å². The van der Waals surface area contributed by atoms with Crippen LogP contribution in [0.3, 0.4) is 0 Å². The number of carbonyl (C=O) groups is 1. The second kappa shape index (κ2) is 9.79. The van der Waals surface area contributed by atoms with Crippen LogP contribution in [0.15, 0.2) is 40.6 Å². The third kappa shape index (κ3) is 4.90. The Bertz CT molecular complexity index is 1250. The molecule has 0 bridgehead atoms. The highest BCUT2D eigenvalue weighted by molar-refractivity contribution is 7.89. The maximum atomic E-state index is 13.0. The van der Waals surface area contributed by atoms with Crippen molar-refractivity contribution in [3.8, 4) is 11.3 Å². The lowest BCUT2D eigenvalue weighted by Gasteiger charge is -2.26. The molecule has 3 aromatic rings. The Kier molecular flexibility index (Phi) is 7.02. The van der Waals surface area contributed by atoms with Gasteiger partial charge >= 0.3 is 0 Å². The summed E-state index contributed by atoms with van der Waals surface area (Å²) in [5.41, 5.74) is 4.54. The number of thiazole rings is 1. The second-order valence-corrected chi connectivity index (χ2v) is 11.2. The summed E-state index contributed by atoms with van der Waals surface area (Å²) < 4.78 is 29.7. The lowest BCUT2D eigenvalue weighted by Crippen LogP contribution is -2.35. The summed E-state index contributed by atoms with van der Waals surface area (Å²) in [4.78, 5) is 17.6. The fourth-order valence-electron chi connectivity index (χ4n) is 4.30. The number of piperidine rings is 1. The zero-order chi connectivity index (χ0) is 23.6. The van der Waals surface area contributed by atoms with Gasteiger partial charge in [-0.25, -0.2) is 13.4 Å². The van der Waals surface area contributed by atoms with Gasteiger partial charge in [0, 0.05) is 47.5 Å². The van der Waals surface area contributed by atoms with Crippen molar-refractivity contribution in [2.45, 2.75) is 57.9 Å². The minimum Gasteiger partial charge on any atom is -0.348 e. The van der Waals surface area contributed by atoms with Crippen molar-refractivity contribution in [3.05, 3.63) is 52.7 Å². The van der Waals surface area contributed by atoms with Gasteiger partial charge in [-0.05, 0) is 57.4 Å². The predicted molar refractivity (Wildman–Crippen MR) is 132 cm³/mol. The molecular weight excluding hydrogens is 456 g/mol. The maximum absolute atomic E-state index is 13.0. The number of rotatable bonds is 7. The lowest BCUT2D eigenvalue weighted by molar-refractivity contribution is 0.102. The van der Waals surface area contributed by atoms with Crippen LogP contribution in [0.4, 0.5) is 5.13 Å². The number of sulfonamides is 1. The molecule has 3 heterocycles. The summed E-state index contributed by atoms with van der Waals surface area (Å²) in [6.07, 6.45) is 3.84. The number of benzene rings is 1. The Morgan fingerprint density at radius 3 is 2.64 bits per heavy atom. The topological polar surface area (TPSA) is 84.3 Å². The van der Waals surface area contributed by atoms with Gasteiger partial charge in [0.2, 0.25) is 10.0 Å². The molecule has 2 aromatic heterocycles. The van der Waals surface area contributed by atoms with E-state index in [0.29, 0.717) is 23.8 Å². The van der Waals surface area contributed by atoms with Crippen LogP contribution in [0.5, 0.6) is 0 Å². The molecule has 0 unspecified atom stereocenters. The highest BCUT2D eigenvalue weighted by Crippen LogP contribution is 2.30. The van der Waals surface area contributed by atoms with Gasteiger partial charge in [-0.15, -0.1) is 11.3 Å². The van der Waals surface area contributed by atoms with Crippen LogP contribution in [0.25, 0.3) is 11.3 Å². The average molecular weight is 487 g/mol. The number of hydrogen-bond donors (Lipinski definition) is 1. The fourth-order valence-corrected chi connectivity index (χ4v) is 6.57. The summed E-state index contributed by atoms with van der Waals surface area (Å²) in [6, 6.07) is 8.36. The van der Waals surface area contributed by atoms with Crippen LogP contribution in [-0.4, -0.2) is 41.3 Å². The lowest BCUT2D eigenvalue weighted by atomic mass is 10.2. The molecule has 1 N–H and O–H groups in total. The van der Waals surface area contributed by atoms with E-state index in [4.69, 9.17) is 0 Å². The Morgan fingerprint density at radius 2 is 1.91 bits per heavy atom. The quantitative estimate of drug-likeness (QED) is 0.506. The molecule has 176 valence electrons. The van der Waals surface area contributed by atoms with Crippen LogP contribution < -0.4 is 5.32 Å². The number of carbonyl (C=O) groups excluding carboxylic acids is 1. The Balaban J connectivity index is 1.52. The SMILES string of the molecule is CCCn1c(C)cc(-c2csc(NC(=O)c3cccc(S(=O)(=O)N4CCCCC4)c3)n2)c1C. The van der Waals surface area contributed by atoms with E-state index in [9.17, 15) is 13.2 Å². The molecule has 1 amide bonds. The summed E-state index contributed by atoms with van der Waals surface area (Å²) in [5.74, 6) is -0.372. The molecule has 7 nitrogen and oxygen atoms in total. The second-order valence-electron chi connectivity index (χ2n) is 8.42. The van der Waals surface area contributed by atoms with E-state index in [1.165, 1.54) is 27.4 Å². The molecule has 1 aromatic carbocycles. The standard InChI is InChI=1S/C24H30N4O3S2/c1-4-11-28-17(2)14-21(18(28)3)22-16-32-24(25-22)26-23(29)19-9-8-10-20(15-19)33(30,31)27-12-6-5-7-13-27/h8-10,14-16H,4-7,11-13H2,1-3H3,(H,25,26,29). The molecular formula is C24H30N4O3S2. The third-order valence-corrected chi connectivity index (χ3v) is 8.72. The summed E-state index contributed by atoms with van der Waals surface area (Å²) in [7, 11) is -3.60. The highest BCUT2D eigenvalue weighted by Gasteiger charge is 2.26. The average Bonchev–Trinajstić information content (AvgIpc) is 3.39. The van der Waals surface area contributed by atoms with Gasteiger partial charge in [0.15, 0.2) is 5.13 Å². The first-order chi connectivity index (χ1) is 15.8. The fraction of sp³-hybridized carbons (Fsp3) is 0.417. The number of amides is 1. The largest absolute Gasteiger partial charge is 0.348 e. The van der Waals surface area contributed by atoms with E-state index >= 15 is 0 Å². The monoisotopic (exact) mass is 486 g/mol. The number of aromatic nitrogens is 2. The minimum absolute atomic E-state index is 0.153. The number of nitrogens with zero attached hydrogens (tertiary/aromatic N) is 3. The molecule has 0 spiro atoms. The summed E-state index contributed by atoms with van der Waals surface area (Å²) in [5, 5.41) is 5.25. The van der Waals surface area contributed by atoms with Gasteiger partial charge in [-0.3, -0.25) is 10.1 Å². The van der Waals surface area contributed by atoms with E-state index in [1.54, 1.807) is 18.2 Å². The summed E-state index contributed by atoms with van der Waals surface area (Å²) >= 11 is 1.36. The van der Waals surface area contributed by atoms with Gasteiger partial charge in [0.1, 0.15) is 0 Å². The van der Waals surface area contributed by atoms with Gasteiger partial charge < -0.3 is 4.57 Å². The van der Waals surface area contributed by atoms with Gasteiger partial charge in [-0.2, -0.15) is 4.31 Å². The molecule has 1 aliphatic rings. The van der Waals surface area contributed by atoms with Crippen LogP contribution in [-0.2, 0) is 16.6 Å². The Labute approximate surface area is 199 Å². The molecule has 0 aliphatic carbocycles. The molecule has 1 fully saturated rings. The van der Waals surface area contributed by atoms with Gasteiger partial charge in [-0.1, -0.05) is 19.4 Å². The highest BCUT2D eigenvalue weighted by atomic mass is 32.2. The molecule has 1 aliphatic heterocycles. The first kappa shape index (κ1) is 23.7. The van der Waals surface area contributed by atoms with Crippen molar-refractivity contribution in [2.24, 2.45) is 0 Å². The zero-order valence-corrected chi connectivity index (χ0v) is 20.9. The summed E-state index contributed by atoms with van der Waals surface area (Å²) in [6.45, 7) is 8.35. The van der Waals surface area contributed by atoms with Crippen LogP contribution in [0, 0.1) is 13.8 Å². The predicted octanol–water partition coefficient (Wildman–Crippen LogP) is 5.07. The van der Waals surface area contributed by atoms with Gasteiger partial charge in [0.05, 0.1) is 10.6 Å². The van der Waals surface area contributed by atoms with Gasteiger partial charge in [0.25, 0.3) is 5.91 Å². The normalized spacial score (nSPS) is 15.0. The number of aryl methyl sites for hydroxylation is 1. The van der Waals surface area contributed by atoms with Crippen LogP contribution >= 0.6 is 11.3 Å². The molecule has 0 radical (unpaired) electrons. The number of anilines is 1.